The van der Waals surface area contributed by atoms with Crippen LogP contribution in [0.5, 0.6) is 0 Å². The predicted octanol–water partition coefficient (Wildman–Crippen LogP) is -0.315. The number of nitrogens with zero attached hydrogens (tertiary/aromatic N) is 4. The largest absolute Gasteiger partial charge is 0.378 e. The van der Waals surface area contributed by atoms with Crippen LogP contribution in [0.25, 0.3) is 0 Å². The second kappa shape index (κ2) is 8.39. The van der Waals surface area contributed by atoms with E-state index in [2.05, 4.69) is 27.3 Å². The van der Waals surface area contributed by atoms with E-state index >= 15 is 0 Å². The van der Waals surface area contributed by atoms with E-state index in [4.69, 9.17) is 9.26 Å². The van der Waals surface area contributed by atoms with Crippen LogP contribution in [0.2, 0.25) is 0 Å². The van der Waals surface area contributed by atoms with Crippen molar-refractivity contribution in [1.82, 2.24) is 25.3 Å². The van der Waals surface area contributed by atoms with Crippen LogP contribution < -0.4 is 5.32 Å². The Morgan fingerprint density at radius 1 is 1.28 bits per heavy atom. The van der Waals surface area contributed by atoms with Crippen molar-refractivity contribution in [3.8, 4) is 0 Å². The maximum atomic E-state index is 12.2. The first-order chi connectivity index (χ1) is 12.2. The summed E-state index contributed by atoms with van der Waals surface area (Å²) in [5, 5.41) is 6.59. The minimum Gasteiger partial charge on any atom is -0.378 e. The number of likely N-dealkylation sites (N-methyl/N-ethyl adjacent to an activating group) is 1. The molecule has 0 aliphatic carbocycles. The molecule has 25 heavy (non-hydrogen) atoms. The van der Waals surface area contributed by atoms with Gasteiger partial charge in [-0.3, -0.25) is 14.5 Å². The zero-order valence-corrected chi connectivity index (χ0v) is 14.6. The maximum Gasteiger partial charge on any atom is 0.315 e. The van der Waals surface area contributed by atoms with E-state index in [0.29, 0.717) is 38.9 Å². The van der Waals surface area contributed by atoms with Crippen LogP contribution in [-0.4, -0.2) is 83.7 Å². The molecule has 2 aliphatic heterocycles. The van der Waals surface area contributed by atoms with Gasteiger partial charge in [0.15, 0.2) is 5.82 Å². The third-order valence-electron chi connectivity index (χ3n) is 4.74. The molecule has 0 radical (unpaired) electrons. The summed E-state index contributed by atoms with van der Waals surface area (Å²) < 4.78 is 10.2. The summed E-state index contributed by atoms with van der Waals surface area (Å²) >= 11 is 0. The first-order valence-electron chi connectivity index (χ1n) is 8.87. The van der Waals surface area contributed by atoms with Gasteiger partial charge in [0.25, 0.3) is 0 Å². The molecule has 3 rings (SSSR count). The van der Waals surface area contributed by atoms with Gasteiger partial charge in [-0.1, -0.05) is 12.1 Å². The van der Waals surface area contributed by atoms with Gasteiger partial charge in [-0.2, -0.15) is 4.98 Å². The molecule has 2 fully saturated rings. The highest BCUT2D eigenvalue weighted by atomic mass is 16.5. The van der Waals surface area contributed by atoms with Crippen LogP contribution in [0, 0.1) is 0 Å². The standard InChI is InChI=1S/C16H25N5O4/c1-2-20-5-3-4-12(20)11-17-15(23)16-18-13(19-25-16)10-14(22)21-6-8-24-9-7-21/h12H,2-11H2,1H3,(H,17,23)/t12-/m1/s1. The van der Waals surface area contributed by atoms with Crippen LogP contribution in [-0.2, 0) is 16.0 Å². The summed E-state index contributed by atoms with van der Waals surface area (Å²) in [5.41, 5.74) is 0. The molecule has 3 heterocycles. The number of amides is 2. The molecule has 2 saturated heterocycles. The minimum absolute atomic E-state index is 0.0308. The molecule has 1 atom stereocenters. The van der Waals surface area contributed by atoms with Crippen molar-refractivity contribution < 1.29 is 18.8 Å². The lowest BCUT2D eigenvalue weighted by Gasteiger charge is -2.26. The number of likely N-dealkylation sites (tertiary alicyclic amines) is 1. The smallest absolute Gasteiger partial charge is 0.315 e. The maximum absolute atomic E-state index is 12.2. The van der Waals surface area contributed by atoms with Gasteiger partial charge in [-0.25, -0.2) is 0 Å². The molecule has 1 N–H and O–H groups in total. The number of hydrogen-bond acceptors (Lipinski definition) is 7. The van der Waals surface area contributed by atoms with Gasteiger partial charge >= 0.3 is 11.8 Å². The second-order valence-corrected chi connectivity index (χ2v) is 6.32. The highest BCUT2D eigenvalue weighted by Crippen LogP contribution is 2.15. The van der Waals surface area contributed by atoms with E-state index in [9.17, 15) is 9.59 Å². The molecule has 9 nitrogen and oxygen atoms in total. The van der Waals surface area contributed by atoms with Gasteiger partial charge in [0.1, 0.15) is 0 Å². The quantitative estimate of drug-likeness (QED) is 0.750. The topological polar surface area (TPSA) is 101 Å². The van der Waals surface area contributed by atoms with Crippen LogP contribution in [0.4, 0.5) is 0 Å². The first-order valence-corrected chi connectivity index (χ1v) is 8.87. The number of ether oxygens (including phenoxy) is 1. The molecule has 0 spiro atoms. The van der Waals surface area contributed by atoms with E-state index in [1.165, 1.54) is 0 Å². The third-order valence-corrected chi connectivity index (χ3v) is 4.74. The Labute approximate surface area is 146 Å². The molecule has 9 heteroatoms. The van der Waals surface area contributed by atoms with Crippen LogP contribution >= 0.6 is 0 Å². The lowest BCUT2D eigenvalue weighted by atomic mass is 10.2. The monoisotopic (exact) mass is 351 g/mol. The average Bonchev–Trinajstić information content (AvgIpc) is 3.29. The number of nitrogens with one attached hydrogen (secondary N) is 1. The van der Waals surface area contributed by atoms with Crippen LogP contribution in [0.3, 0.4) is 0 Å². The number of aromatic nitrogens is 2. The lowest BCUT2D eigenvalue weighted by molar-refractivity contribution is -0.134. The summed E-state index contributed by atoms with van der Waals surface area (Å²) in [6.45, 7) is 6.97. The molecule has 0 unspecified atom stereocenters. The second-order valence-electron chi connectivity index (χ2n) is 6.32. The van der Waals surface area contributed by atoms with E-state index in [0.717, 1.165) is 25.9 Å². The predicted molar refractivity (Wildman–Crippen MR) is 88.0 cm³/mol. The fourth-order valence-electron chi connectivity index (χ4n) is 3.31. The van der Waals surface area contributed by atoms with Crippen LogP contribution in [0.15, 0.2) is 4.52 Å². The van der Waals surface area contributed by atoms with Crippen molar-refractivity contribution in [2.24, 2.45) is 0 Å². The summed E-state index contributed by atoms with van der Waals surface area (Å²) in [6, 6.07) is 0.360. The third kappa shape index (κ3) is 4.55. The van der Waals surface area contributed by atoms with Gasteiger partial charge in [-0.05, 0) is 25.9 Å². The van der Waals surface area contributed by atoms with Gasteiger partial charge in [0.2, 0.25) is 5.91 Å². The Hall–Kier alpha value is -2.00. The van der Waals surface area contributed by atoms with Gasteiger partial charge in [0.05, 0.1) is 19.6 Å². The number of carbonyl (C=O) groups is 2. The fraction of sp³-hybridized carbons (Fsp3) is 0.750. The molecule has 1 aromatic rings. The van der Waals surface area contributed by atoms with E-state index < -0.39 is 0 Å². The van der Waals surface area contributed by atoms with E-state index in [1.54, 1.807) is 4.90 Å². The highest BCUT2D eigenvalue weighted by molar-refractivity contribution is 5.89. The molecule has 0 aromatic carbocycles. The Bertz CT molecular complexity index is 599. The summed E-state index contributed by atoms with van der Waals surface area (Å²) in [4.78, 5) is 32.4. The molecular weight excluding hydrogens is 326 g/mol. The molecule has 2 amide bonds. The molecule has 1 aromatic heterocycles. The summed E-state index contributed by atoms with van der Waals surface area (Å²) in [7, 11) is 0. The van der Waals surface area contributed by atoms with E-state index in [-0.39, 0.29) is 30.0 Å². The highest BCUT2D eigenvalue weighted by Gasteiger charge is 2.25. The molecule has 0 saturated carbocycles. The van der Waals surface area contributed by atoms with Gasteiger partial charge in [0, 0.05) is 25.7 Å². The van der Waals surface area contributed by atoms with Crippen molar-refractivity contribution in [3.05, 3.63) is 11.7 Å². The number of morpholine rings is 1. The minimum atomic E-state index is -0.388. The van der Waals surface area contributed by atoms with Crippen molar-refractivity contribution >= 4 is 11.8 Å². The number of carbonyl (C=O) groups excluding carboxylic acids is 2. The number of hydrogen-bond donors (Lipinski definition) is 1. The Kier molecular flexibility index (Phi) is 5.98. The zero-order chi connectivity index (χ0) is 17.6. The van der Waals surface area contributed by atoms with Gasteiger partial charge < -0.3 is 19.5 Å². The summed E-state index contributed by atoms with van der Waals surface area (Å²) in [6.07, 6.45) is 2.27. The van der Waals surface area contributed by atoms with Crippen molar-refractivity contribution in [1.29, 1.82) is 0 Å². The fourth-order valence-corrected chi connectivity index (χ4v) is 3.31. The Morgan fingerprint density at radius 3 is 2.84 bits per heavy atom. The average molecular weight is 351 g/mol. The van der Waals surface area contributed by atoms with Gasteiger partial charge in [-0.15, -0.1) is 0 Å². The lowest BCUT2D eigenvalue weighted by Crippen LogP contribution is -2.41. The first kappa shape index (κ1) is 17.8. The van der Waals surface area contributed by atoms with Crippen molar-refractivity contribution in [3.63, 3.8) is 0 Å². The SMILES string of the molecule is CCN1CCC[C@@H]1CNC(=O)c1nc(CC(=O)N2CCOCC2)no1. The molecule has 138 valence electrons. The molecule has 0 bridgehead atoms. The molecule has 2 aliphatic rings. The van der Waals surface area contributed by atoms with Crippen molar-refractivity contribution in [2.45, 2.75) is 32.2 Å². The van der Waals surface area contributed by atoms with Crippen LogP contribution in [0.1, 0.15) is 36.3 Å². The molecular formula is C16H25N5O4. The normalized spacial score (nSPS) is 21.5. The zero-order valence-electron chi connectivity index (χ0n) is 14.6. The Morgan fingerprint density at radius 2 is 2.08 bits per heavy atom. The Balaban J connectivity index is 1.48. The number of rotatable bonds is 6. The van der Waals surface area contributed by atoms with E-state index in [1.807, 2.05) is 0 Å². The summed E-state index contributed by atoms with van der Waals surface area (Å²) in [5.74, 6) is -0.329. The van der Waals surface area contributed by atoms with Crippen molar-refractivity contribution in [2.75, 3.05) is 45.9 Å².